The lowest BCUT2D eigenvalue weighted by Crippen LogP contribution is -2.03. The molecule has 0 spiro atoms. The molecule has 3 rings (SSSR count). The van der Waals surface area contributed by atoms with Crippen LogP contribution in [-0.4, -0.2) is 10.1 Å². The number of phenols is 1. The molecule has 1 aromatic heterocycles. The third-order valence-electron chi connectivity index (χ3n) is 2.76. The van der Waals surface area contributed by atoms with Gasteiger partial charge in [0.1, 0.15) is 5.75 Å². The molecule has 2 aromatic carbocycles. The summed E-state index contributed by atoms with van der Waals surface area (Å²) in [5.41, 5.74) is 1.12. The number of aromatic hydroxyl groups is 1. The molecule has 3 aromatic rings. The molecule has 0 aliphatic rings. The summed E-state index contributed by atoms with van der Waals surface area (Å²) >= 11 is 3.27. The predicted octanol–water partition coefficient (Wildman–Crippen LogP) is 3.15. The molecule has 1 heterocycles. The third kappa shape index (κ3) is 1.52. The van der Waals surface area contributed by atoms with Crippen LogP contribution < -0.4 is 5.43 Å². The van der Waals surface area contributed by atoms with Crippen LogP contribution in [0.4, 0.5) is 0 Å². The largest absolute Gasteiger partial charge is 0.506 e. The van der Waals surface area contributed by atoms with Crippen molar-refractivity contribution in [1.82, 2.24) is 4.98 Å². The number of halogens is 1. The number of fused-ring (bicyclic) bond motifs is 2. The van der Waals surface area contributed by atoms with Gasteiger partial charge in [0.25, 0.3) is 0 Å². The van der Waals surface area contributed by atoms with Gasteiger partial charge in [0.2, 0.25) is 0 Å². The Morgan fingerprint density at radius 2 is 1.88 bits per heavy atom. The van der Waals surface area contributed by atoms with Crippen molar-refractivity contribution in [1.29, 1.82) is 0 Å². The Morgan fingerprint density at radius 1 is 1.12 bits per heavy atom. The van der Waals surface area contributed by atoms with Crippen LogP contribution in [0.3, 0.4) is 0 Å². The van der Waals surface area contributed by atoms with E-state index in [2.05, 4.69) is 20.9 Å². The Balaban J connectivity index is 2.64. The van der Waals surface area contributed by atoms with Crippen LogP contribution in [0.1, 0.15) is 0 Å². The zero-order valence-electron chi connectivity index (χ0n) is 8.70. The minimum Gasteiger partial charge on any atom is -0.506 e. The van der Waals surface area contributed by atoms with E-state index in [4.69, 9.17) is 0 Å². The van der Waals surface area contributed by atoms with Gasteiger partial charge in [-0.25, -0.2) is 0 Å². The molecule has 0 aliphatic carbocycles. The van der Waals surface area contributed by atoms with Crippen LogP contribution in [0.2, 0.25) is 0 Å². The van der Waals surface area contributed by atoms with Gasteiger partial charge in [-0.15, -0.1) is 0 Å². The Hall–Kier alpha value is -1.81. The minimum atomic E-state index is -0.0778. The van der Waals surface area contributed by atoms with Crippen molar-refractivity contribution in [2.45, 2.75) is 0 Å². The highest BCUT2D eigenvalue weighted by Crippen LogP contribution is 2.27. The molecule has 0 radical (unpaired) electrons. The first-order valence-electron chi connectivity index (χ1n) is 5.10. The summed E-state index contributed by atoms with van der Waals surface area (Å²) in [4.78, 5) is 15.3. The maximum absolute atomic E-state index is 12.2. The molecule has 0 amide bonds. The minimum absolute atomic E-state index is 0.0669. The van der Waals surface area contributed by atoms with Crippen molar-refractivity contribution in [3.63, 3.8) is 0 Å². The van der Waals surface area contributed by atoms with Crippen molar-refractivity contribution in [3.05, 3.63) is 51.1 Å². The number of phenolic OH excluding ortho intramolecular Hbond substituents is 1. The second-order valence-corrected chi connectivity index (χ2v) is 4.76. The lowest BCUT2D eigenvalue weighted by atomic mass is 10.1. The lowest BCUT2D eigenvalue weighted by molar-refractivity contribution is 0.480. The number of benzene rings is 2. The number of hydrogen-bond acceptors (Lipinski definition) is 2. The summed E-state index contributed by atoms with van der Waals surface area (Å²) in [6, 6.07) is 10.5. The van der Waals surface area contributed by atoms with Gasteiger partial charge >= 0.3 is 0 Å². The van der Waals surface area contributed by atoms with Gasteiger partial charge in [0.05, 0.1) is 10.9 Å². The Bertz CT molecular complexity index is 792. The van der Waals surface area contributed by atoms with Crippen LogP contribution >= 0.6 is 15.9 Å². The topological polar surface area (TPSA) is 53.1 Å². The first-order chi connectivity index (χ1) is 8.16. The molecule has 0 fully saturated rings. The number of pyridine rings is 1. The fourth-order valence-electron chi connectivity index (χ4n) is 1.97. The van der Waals surface area contributed by atoms with E-state index in [0.29, 0.717) is 20.8 Å². The molecule has 0 bridgehead atoms. The van der Waals surface area contributed by atoms with Gasteiger partial charge in [-0.3, -0.25) is 4.79 Å². The van der Waals surface area contributed by atoms with Gasteiger partial charge < -0.3 is 10.1 Å². The smallest absolute Gasteiger partial charge is 0.197 e. The first-order valence-corrected chi connectivity index (χ1v) is 5.89. The molecule has 0 aliphatic heterocycles. The zero-order valence-corrected chi connectivity index (χ0v) is 10.3. The predicted molar refractivity (Wildman–Crippen MR) is 71.4 cm³/mol. The number of aromatic amines is 1. The normalized spacial score (nSPS) is 11.1. The molecule has 2 N–H and O–H groups in total. The van der Waals surface area contributed by atoms with Gasteiger partial charge in [-0.05, 0) is 24.3 Å². The maximum atomic E-state index is 12.2. The lowest BCUT2D eigenvalue weighted by Gasteiger charge is -2.04. The first kappa shape index (κ1) is 10.4. The van der Waals surface area contributed by atoms with Crippen LogP contribution in [-0.2, 0) is 0 Å². The maximum Gasteiger partial charge on any atom is 0.197 e. The Morgan fingerprint density at radius 3 is 2.71 bits per heavy atom. The summed E-state index contributed by atoms with van der Waals surface area (Å²) in [5, 5.41) is 10.9. The van der Waals surface area contributed by atoms with Crippen LogP contribution in [0.15, 0.2) is 45.7 Å². The van der Waals surface area contributed by atoms with Crippen LogP contribution in [0, 0.1) is 0 Å². The zero-order chi connectivity index (χ0) is 12.0. The van der Waals surface area contributed by atoms with E-state index in [1.54, 1.807) is 18.2 Å². The standard InChI is InChI=1S/C13H8BrNO2/c14-7-5-9-12(11(16)6-7)15-10-4-2-1-3-8(10)13(9)17/h1-6,16H,(H,15,17). The van der Waals surface area contributed by atoms with Crippen LogP contribution in [0.25, 0.3) is 21.8 Å². The van der Waals surface area contributed by atoms with Crippen molar-refractivity contribution in [3.8, 4) is 5.75 Å². The van der Waals surface area contributed by atoms with E-state index < -0.39 is 0 Å². The van der Waals surface area contributed by atoms with Crippen LogP contribution in [0.5, 0.6) is 5.75 Å². The van der Waals surface area contributed by atoms with E-state index in [1.165, 1.54) is 0 Å². The Kier molecular flexibility index (Phi) is 2.19. The number of aromatic nitrogens is 1. The fourth-order valence-corrected chi connectivity index (χ4v) is 2.42. The van der Waals surface area contributed by atoms with Crippen molar-refractivity contribution < 1.29 is 5.11 Å². The summed E-state index contributed by atoms with van der Waals surface area (Å²) in [6.45, 7) is 0. The third-order valence-corrected chi connectivity index (χ3v) is 3.22. The number of H-pyrrole nitrogens is 1. The molecule has 4 heteroatoms. The highest BCUT2D eigenvalue weighted by Gasteiger charge is 2.08. The van der Waals surface area contributed by atoms with Gasteiger partial charge in [-0.1, -0.05) is 28.1 Å². The van der Waals surface area contributed by atoms with E-state index in [1.807, 2.05) is 18.2 Å². The van der Waals surface area contributed by atoms with E-state index in [0.717, 1.165) is 5.52 Å². The molecule has 0 atom stereocenters. The van der Waals surface area contributed by atoms with E-state index >= 15 is 0 Å². The Labute approximate surface area is 105 Å². The SMILES string of the molecule is O=c1c2ccccc2[nH]c2c(O)cc(Br)cc12. The number of nitrogens with one attached hydrogen (secondary N) is 1. The van der Waals surface area contributed by atoms with Gasteiger partial charge in [-0.2, -0.15) is 0 Å². The molecular formula is C13H8BrNO2. The van der Waals surface area contributed by atoms with Crippen molar-refractivity contribution in [2.24, 2.45) is 0 Å². The molecule has 0 unspecified atom stereocenters. The van der Waals surface area contributed by atoms with Gasteiger partial charge in [0, 0.05) is 15.4 Å². The molecule has 0 saturated carbocycles. The summed E-state index contributed by atoms with van der Waals surface area (Å²) < 4.78 is 0.684. The summed E-state index contributed by atoms with van der Waals surface area (Å²) in [7, 11) is 0. The van der Waals surface area contributed by atoms with Crippen molar-refractivity contribution in [2.75, 3.05) is 0 Å². The summed E-state index contributed by atoms with van der Waals surface area (Å²) in [5.74, 6) is 0.0669. The fraction of sp³-hybridized carbons (Fsp3) is 0. The molecule has 17 heavy (non-hydrogen) atoms. The second kappa shape index (κ2) is 3.60. The number of hydrogen-bond donors (Lipinski definition) is 2. The van der Waals surface area contributed by atoms with E-state index in [-0.39, 0.29) is 11.2 Å². The van der Waals surface area contributed by atoms with E-state index in [9.17, 15) is 9.90 Å². The second-order valence-electron chi connectivity index (χ2n) is 3.85. The monoisotopic (exact) mass is 289 g/mol. The molecule has 3 nitrogen and oxygen atoms in total. The van der Waals surface area contributed by atoms with Gasteiger partial charge in [0.15, 0.2) is 5.43 Å². The number of rotatable bonds is 0. The highest BCUT2D eigenvalue weighted by atomic mass is 79.9. The number of para-hydroxylation sites is 1. The van der Waals surface area contributed by atoms with Crippen molar-refractivity contribution >= 4 is 37.7 Å². The highest BCUT2D eigenvalue weighted by molar-refractivity contribution is 9.10. The molecule has 84 valence electrons. The summed E-state index contributed by atoms with van der Waals surface area (Å²) in [6.07, 6.45) is 0. The quantitative estimate of drug-likeness (QED) is 0.625. The molecular weight excluding hydrogens is 282 g/mol. The average molecular weight is 290 g/mol. The average Bonchev–Trinajstić information content (AvgIpc) is 2.31. The molecule has 0 saturated heterocycles.